The van der Waals surface area contributed by atoms with Crippen LogP contribution in [0.5, 0.6) is 5.06 Å². The molecule has 33 heavy (non-hydrogen) atoms. The molecular formula is C23H25BrN4O4S. The van der Waals surface area contributed by atoms with Gasteiger partial charge in [-0.05, 0) is 78.1 Å². The van der Waals surface area contributed by atoms with Gasteiger partial charge in [-0.15, -0.1) is 0 Å². The van der Waals surface area contributed by atoms with Crippen molar-refractivity contribution in [1.29, 1.82) is 0 Å². The van der Waals surface area contributed by atoms with Crippen molar-refractivity contribution in [2.24, 2.45) is 0 Å². The first-order chi connectivity index (χ1) is 15.9. The lowest BCUT2D eigenvalue weighted by Gasteiger charge is -2.17. The van der Waals surface area contributed by atoms with Crippen LogP contribution >= 0.6 is 27.3 Å². The van der Waals surface area contributed by atoms with E-state index in [2.05, 4.69) is 49.6 Å². The van der Waals surface area contributed by atoms with E-state index in [9.17, 15) is 9.59 Å². The Morgan fingerprint density at radius 1 is 1.24 bits per heavy atom. The number of hydrogen-bond donors (Lipinski definition) is 2. The molecule has 1 aliphatic heterocycles. The van der Waals surface area contributed by atoms with Crippen LogP contribution in [0, 0.1) is 6.92 Å². The Labute approximate surface area is 204 Å². The molecule has 0 unspecified atom stereocenters. The third kappa shape index (κ3) is 6.43. The van der Waals surface area contributed by atoms with Gasteiger partial charge in [0.1, 0.15) is 11.8 Å². The van der Waals surface area contributed by atoms with E-state index in [0.717, 1.165) is 29.7 Å². The number of ether oxygens (including phenoxy) is 1. The van der Waals surface area contributed by atoms with Crippen LogP contribution in [-0.4, -0.2) is 48.1 Å². The molecule has 10 heteroatoms. The normalized spacial score (nSPS) is 14.8. The second-order valence-electron chi connectivity index (χ2n) is 7.99. The van der Waals surface area contributed by atoms with Gasteiger partial charge < -0.3 is 24.7 Å². The Morgan fingerprint density at radius 3 is 2.73 bits per heavy atom. The summed E-state index contributed by atoms with van der Waals surface area (Å²) in [5.74, 6) is 0.614. The molecule has 1 aliphatic rings. The number of anilines is 1. The zero-order valence-corrected chi connectivity index (χ0v) is 20.8. The smallest absolute Gasteiger partial charge is 0.414 e. The highest BCUT2D eigenvalue weighted by Gasteiger charge is 2.25. The molecule has 0 fully saturated rings. The highest BCUT2D eigenvalue weighted by molar-refractivity contribution is 9.11. The van der Waals surface area contributed by atoms with Gasteiger partial charge in [0.2, 0.25) is 5.91 Å². The first-order valence-electron chi connectivity index (χ1n) is 10.6. The Hall–Kier alpha value is -2.69. The Balaban J connectivity index is 1.47. The highest BCUT2D eigenvalue weighted by atomic mass is 79.9. The SMILES string of the molecule is Cc1cnc(C[C@@H](NC(=O)Oc2ccc(Br)s2)C(=O)Nc2ccc3c(c2)CCN(C)CC3)o1. The molecule has 1 aromatic carbocycles. The first kappa shape index (κ1) is 23.5. The fraction of sp³-hybridized carbons (Fsp3) is 0.348. The maximum atomic E-state index is 13.1. The van der Waals surface area contributed by atoms with Gasteiger partial charge in [-0.1, -0.05) is 17.4 Å². The topological polar surface area (TPSA) is 96.7 Å². The molecule has 8 nitrogen and oxygen atoms in total. The molecule has 1 atom stereocenters. The van der Waals surface area contributed by atoms with Crippen LogP contribution in [0.25, 0.3) is 0 Å². The van der Waals surface area contributed by atoms with Crippen molar-refractivity contribution in [2.45, 2.75) is 32.2 Å². The average Bonchev–Trinajstić information content (AvgIpc) is 3.32. The summed E-state index contributed by atoms with van der Waals surface area (Å²) in [7, 11) is 2.11. The molecule has 0 saturated carbocycles. The summed E-state index contributed by atoms with van der Waals surface area (Å²) in [6, 6.07) is 8.50. The number of hydrogen-bond acceptors (Lipinski definition) is 7. The maximum absolute atomic E-state index is 13.1. The minimum Gasteiger partial charge on any atom is -0.446 e. The van der Waals surface area contributed by atoms with E-state index in [-0.39, 0.29) is 12.3 Å². The molecule has 2 N–H and O–H groups in total. The number of aryl methyl sites for hydroxylation is 1. The van der Waals surface area contributed by atoms with Crippen molar-refractivity contribution in [3.05, 3.63) is 63.1 Å². The van der Waals surface area contributed by atoms with Crippen molar-refractivity contribution in [1.82, 2.24) is 15.2 Å². The van der Waals surface area contributed by atoms with E-state index in [1.165, 1.54) is 22.5 Å². The van der Waals surface area contributed by atoms with Crippen molar-refractivity contribution in [3.8, 4) is 5.06 Å². The molecule has 3 heterocycles. The predicted molar refractivity (Wildman–Crippen MR) is 130 cm³/mol. The molecule has 0 bridgehead atoms. The fourth-order valence-electron chi connectivity index (χ4n) is 3.64. The Bertz CT molecular complexity index is 1150. The molecule has 0 aliphatic carbocycles. The molecule has 0 radical (unpaired) electrons. The summed E-state index contributed by atoms with van der Waals surface area (Å²) in [5, 5.41) is 5.99. The second kappa shape index (κ2) is 10.5. The second-order valence-corrected chi connectivity index (χ2v) is 10.4. The number of fused-ring (bicyclic) bond motifs is 1. The molecule has 4 rings (SSSR count). The van der Waals surface area contributed by atoms with Gasteiger partial charge in [0.05, 0.1) is 16.4 Å². The highest BCUT2D eigenvalue weighted by Crippen LogP contribution is 2.28. The van der Waals surface area contributed by atoms with E-state index >= 15 is 0 Å². The number of carbonyl (C=O) groups is 2. The number of oxazole rings is 1. The van der Waals surface area contributed by atoms with Crippen molar-refractivity contribution >= 4 is 45.0 Å². The Morgan fingerprint density at radius 2 is 2.03 bits per heavy atom. The number of nitrogens with one attached hydrogen (secondary N) is 2. The third-order valence-electron chi connectivity index (χ3n) is 5.40. The lowest BCUT2D eigenvalue weighted by Crippen LogP contribution is -2.46. The summed E-state index contributed by atoms with van der Waals surface area (Å²) in [5.41, 5.74) is 3.22. The van der Waals surface area contributed by atoms with E-state index in [4.69, 9.17) is 9.15 Å². The minimum atomic E-state index is -0.927. The number of aromatic nitrogens is 1. The molecule has 174 valence electrons. The molecule has 3 aromatic rings. The summed E-state index contributed by atoms with van der Waals surface area (Å²) >= 11 is 4.61. The predicted octanol–water partition coefficient (Wildman–Crippen LogP) is 4.18. The lowest BCUT2D eigenvalue weighted by molar-refractivity contribution is -0.118. The number of nitrogens with zero attached hydrogens (tertiary/aromatic N) is 2. The van der Waals surface area contributed by atoms with Crippen molar-refractivity contribution < 1.29 is 18.7 Å². The number of carbonyl (C=O) groups excluding carboxylic acids is 2. The van der Waals surface area contributed by atoms with E-state index in [0.29, 0.717) is 22.4 Å². The molecule has 2 amide bonds. The first-order valence-corrected chi connectivity index (χ1v) is 12.2. The lowest BCUT2D eigenvalue weighted by atomic mass is 10.0. The average molecular weight is 533 g/mol. The van der Waals surface area contributed by atoms with Crippen molar-refractivity contribution in [2.75, 3.05) is 25.5 Å². The zero-order chi connectivity index (χ0) is 23.4. The van der Waals surface area contributed by atoms with Crippen LogP contribution in [0.15, 0.2) is 44.7 Å². The van der Waals surface area contributed by atoms with Gasteiger partial charge in [-0.25, -0.2) is 9.78 Å². The van der Waals surface area contributed by atoms with Gasteiger partial charge in [0, 0.05) is 18.8 Å². The van der Waals surface area contributed by atoms with Crippen LogP contribution in [0.4, 0.5) is 10.5 Å². The zero-order valence-electron chi connectivity index (χ0n) is 18.4. The molecular weight excluding hydrogens is 508 g/mol. The maximum Gasteiger partial charge on any atom is 0.414 e. The quantitative estimate of drug-likeness (QED) is 0.494. The van der Waals surface area contributed by atoms with Crippen LogP contribution in [0.1, 0.15) is 22.8 Å². The van der Waals surface area contributed by atoms with Gasteiger partial charge in [-0.3, -0.25) is 4.79 Å². The van der Waals surface area contributed by atoms with Crippen molar-refractivity contribution in [3.63, 3.8) is 0 Å². The van der Waals surface area contributed by atoms with E-state index in [1.54, 1.807) is 25.3 Å². The van der Waals surface area contributed by atoms with Gasteiger partial charge in [0.25, 0.3) is 0 Å². The minimum absolute atomic E-state index is 0.0959. The van der Waals surface area contributed by atoms with Crippen LogP contribution < -0.4 is 15.4 Å². The van der Waals surface area contributed by atoms with Gasteiger partial charge in [-0.2, -0.15) is 0 Å². The number of thiophene rings is 1. The largest absolute Gasteiger partial charge is 0.446 e. The van der Waals surface area contributed by atoms with Crippen LogP contribution in [0.3, 0.4) is 0 Å². The number of benzene rings is 1. The summed E-state index contributed by atoms with van der Waals surface area (Å²) < 4.78 is 11.7. The Kier molecular flexibility index (Phi) is 7.46. The number of amides is 2. The van der Waals surface area contributed by atoms with Crippen LogP contribution in [-0.2, 0) is 24.1 Å². The number of likely N-dealkylation sites (N-methyl/N-ethyl adjacent to an activating group) is 1. The third-order valence-corrected chi connectivity index (χ3v) is 6.90. The van der Waals surface area contributed by atoms with E-state index in [1.807, 2.05) is 12.1 Å². The molecule has 0 saturated heterocycles. The molecule has 2 aromatic heterocycles. The standard InChI is InChI=1S/C23H25BrN4O4S/c1-14-13-25-20(31-14)12-18(27-23(30)32-21-6-5-19(24)33-21)22(29)26-17-4-3-15-7-9-28(2)10-8-16(15)11-17/h3-6,11,13,18H,7-10,12H2,1-2H3,(H,26,29)(H,27,30)/t18-/m1/s1. The monoisotopic (exact) mass is 532 g/mol. The van der Waals surface area contributed by atoms with E-state index < -0.39 is 12.1 Å². The summed E-state index contributed by atoms with van der Waals surface area (Å²) in [4.78, 5) is 32.1. The summed E-state index contributed by atoms with van der Waals surface area (Å²) in [6.07, 6.45) is 2.86. The van der Waals surface area contributed by atoms with Gasteiger partial charge >= 0.3 is 6.09 Å². The number of rotatable bonds is 6. The van der Waals surface area contributed by atoms with Crippen LogP contribution in [0.2, 0.25) is 0 Å². The number of halogens is 1. The van der Waals surface area contributed by atoms with Gasteiger partial charge in [0.15, 0.2) is 11.0 Å². The molecule has 0 spiro atoms. The summed E-state index contributed by atoms with van der Waals surface area (Å²) in [6.45, 7) is 3.76. The fourth-order valence-corrected chi connectivity index (χ4v) is 4.83.